The molecule has 0 atom stereocenters. The fraction of sp³-hybridized carbons (Fsp3) is 1.00. The van der Waals surface area contributed by atoms with E-state index in [2.05, 4.69) is 0 Å². The van der Waals surface area contributed by atoms with Gasteiger partial charge in [-0.2, -0.15) is 0 Å². The van der Waals surface area contributed by atoms with Crippen molar-refractivity contribution >= 4 is 0 Å². The minimum absolute atomic E-state index is 0.613. The quantitative estimate of drug-likeness (QED) is 0.296. The number of rotatable bonds is 11. The van der Waals surface area contributed by atoms with E-state index in [1.165, 1.54) is 0 Å². The van der Waals surface area contributed by atoms with E-state index in [0.717, 1.165) is 25.7 Å². The average molecular weight is 206 g/mol. The Hall–Kier alpha value is -0.160. The molecule has 86 valence electrons. The van der Waals surface area contributed by atoms with Gasteiger partial charge in [-0.3, -0.25) is 0 Å². The molecular weight excluding hydrogens is 184 g/mol. The maximum absolute atomic E-state index is 4.87. The Labute approximate surface area is 86.3 Å². The molecule has 0 unspecified atom stereocenters. The predicted molar refractivity (Wildman–Crippen MR) is 53.6 cm³/mol. The van der Waals surface area contributed by atoms with E-state index in [-0.39, 0.29) is 0 Å². The third kappa shape index (κ3) is 11.8. The molecule has 0 bridgehead atoms. The molecule has 0 aromatic heterocycles. The van der Waals surface area contributed by atoms with Gasteiger partial charge in [0.05, 0.1) is 26.4 Å². The Morgan fingerprint density at radius 2 is 1.00 bits per heavy atom. The Balaban J connectivity index is 2.78. The molecule has 0 aromatic rings. The molecule has 0 aliphatic carbocycles. The summed E-state index contributed by atoms with van der Waals surface area (Å²) in [5.41, 5.74) is 0. The summed E-state index contributed by atoms with van der Waals surface area (Å²) in [5.74, 6) is 0. The standard InChI is InChI=1S/C10H22O4/c1-3-11-13-9-7-5-6-8-10-14-12-4-2/h3-10H2,1-2H3. The van der Waals surface area contributed by atoms with Gasteiger partial charge in [0.1, 0.15) is 0 Å². The lowest BCUT2D eigenvalue weighted by Gasteiger charge is -2.02. The fourth-order valence-corrected chi connectivity index (χ4v) is 0.960. The van der Waals surface area contributed by atoms with E-state index >= 15 is 0 Å². The summed E-state index contributed by atoms with van der Waals surface area (Å²) in [6, 6.07) is 0. The Morgan fingerprint density at radius 3 is 1.36 bits per heavy atom. The number of hydrogen-bond donors (Lipinski definition) is 0. The van der Waals surface area contributed by atoms with Crippen LogP contribution in [0, 0.1) is 0 Å². The summed E-state index contributed by atoms with van der Waals surface area (Å²) in [4.78, 5) is 19.2. The number of hydrogen-bond acceptors (Lipinski definition) is 4. The summed E-state index contributed by atoms with van der Waals surface area (Å²) < 4.78 is 0. The highest BCUT2D eigenvalue weighted by Gasteiger charge is 1.92. The highest BCUT2D eigenvalue weighted by molar-refractivity contribution is 4.40. The summed E-state index contributed by atoms with van der Waals surface area (Å²) in [6.07, 6.45) is 4.36. The Morgan fingerprint density at radius 1 is 0.571 bits per heavy atom. The lowest BCUT2D eigenvalue weighted by atomic mass is 10.2. The third-order valence-electron chi connectivity index (χ3n) is 1.61. The molecule has 0 spiro atoms. The average Bonchev–Trinajstić information content (AvgIpc) is 2.21. The lowest BCUT2D eigenvalue weighted by Crippen LogP contribution is -1.98. The van der Waals surface area contributed by atoms with Crippen LogP contribution in [0.3, 0.4) is 0 Å². The van der Waals surface area contributed by atoms with Gasteiger partial charge in [0.2, 0.25) is 0 Å². The van der Waals surface area contributed by atoms with Gasteiger partial charge in [-0.25, -0.2) is 19.6 Å². The van der Waals surface area contributed by atoms with Crippen molar-refractivity contribution in [2.45, 2.75) is 39.5 Å². The van der Waals surface area contributed by atoms with Crippen molar-refractivity contribution in [2.75, 3.05) is 26.4 Å². The van der Waals surface area contributed by atoms with Gasteiger partial charge < -0.3 is 0 Å². The van der Waals surface area contributed by atoms with Crippen molar-refractivity contribution in [1.82, 2.24) is 0 Å². The van der Waals surface area contributed by atoms with Crippen LogP contribution in [-0.2, 0) is 19.6 Å². The molecule has 14 heavy (non-hydrogen) atoms. The van der Waals surface area contributed by atoms with E-state index in [9.17, 15) is 0 Å². The molecule has 0 saturated carbocycles. The normalized spacial score (nSPS) is 10.7. The summed E-state index contributed by atoms with van der Waals surface area (Å²) >= 11 is 0. The first-order valence-electron chi connectivity index (χ1n) is 5.40. The van der Waals surface area contributed by atoms with Gasteiger partial charge in [0.25, 0.3) is 0 Å². The van der Waals surface area contributed by atoms with Gasteiger partial charge in [-0.05, 0) is 26.7 Å². The van der Waals surface area contributed by atoms with Crippen LogP contribution in [0.15, 0.2) is 0 Å². The Bertz CT molecular complexity index is 86.1. The molecule has 0 rings (SSSR count). The van der Waals surface area contributed by atoms with Crippen molar-refractivity contribution in [3.05, 3.63) is 0 Å². The zero-order valence-corrected chi connectivity index (χ0v) is 9.29. The van der Waals surface area contributed by atoms with Gasteiger partial charge in [0.15, 0.2) is 0 Å². The van der Waals surface area contributed by atoms with Crippen molar-refractivity contribution in [3.63, 3.8) is 0 Å². The smallest absolute Gasteiger partial charge is 0.0822 e. The molecule has 0 aliphatic rings. The van der Waals surface area contributed by atoms with Crippen molar-refractivity contribution < 1.29 is 19.6 Å². The zero-order chi connectivity index (χ0) is 10.5. The highest BCUT2D eigenvalue weighted by Crippen LogP contribution is 2.00. The van der Waals surface area contributed by atoms with E-state index < -0.39 is 0 Å². The van der Waals surface area contributed by atoms with Crippen LogP contribution in [0.25, 0.3) is 0 Å². The minimum Gasteiger partial charge on any atom is -0.237 e. The van der Waals surface area contributed by atoms with E-state index in [1.54, 1.807) is 0 Å². The van der Waals surface area contributed by atoms with Crippen molar-refractivity contribution in [3.8, 4) is 0 Å². The topological polar surface area (TPSA) is 36.9 Å². The van der Waals surface area contributed by atoms with E-state index in [1.807, 2.05) is 13.8 Å². The highest BCUT2D eigenvalue weighted by atomic mass is 17.2. The summed E-state index contributed by atoms with van der Waals surface area (Å²) in [6.45, 7) is 6.40. The molecular formula is C10H22O4. The molecule has 0 fully saturated rings. The van der Waals surface area contributed by atoms with Gasteiger partial charge in [-0.15, -0.1) is 0 Å². The lowest BCUT2D eigenvalue weighted by molar-refractivity contribution is -0.293. The Kier molecular flexibility index (Phi) is 12.7. The molecule has 0 saturated heterocycles. The second kappa shape index (κ2) is 12.8. The van der Waals surface area contributed by atoms with Crippen LogP contribution >= 0.6 is 0 Å². The molecule has 0 N–H and O–H groups in total. The molecule has 4 heteroatoms. The first-order chi connectivity index (χ1) is 6.91. The maximum Gasteiger partial charge on any atom is 0.0822 e. The minimum atomic E-state index is 0.613. The number of unbranched alkanes of at least 4 members (excludes halogenated alkanes) is 3. The molecule has 0 heterocycles. The van der Waals surface area contributed by atoms with Crippen LogP contribution in [-0.4, -0.2) is 26.4 Å². The second-order valence-corrected chi connectivity index (χ2v) is 2.87. The van der Waals surface area contributed by atoms with E-state index in [4.69, 9.17) is 19.6 Å². The SMILES string of the molecule is CCOOCCCCCCOOCC. The first kappa shape index (κ1) is 13.8. The third-order valence-corrected chi connectivity index (χ3v) is 1.61. The second-order valence-electron chi connectivity index (χ2n) is 2.87. The molecule has 0 radical (unpaired) electrons. The summed E-state index contributed by atoms with van der Waals surface area (Å²) in [7, 11) is 0. The monoisotopic (exact) mass is 206 g/mol. The van der Waals surface area contributed by atoms with Crippen LogP contribution in [0.1, 0.15) is 39.5 Å². The van der Waals surface area contributed by atoms with Gasteiger partial charge in [-0.1, -0.05) is 12.8 Å². The van der Waals surface area contributed by atoms with Crippen LogP contribution in [0.4, 0.5) is 0 Å². The molecule has 0 aromatic carbocycles. The van der Waals surface area contributed by atoms with Crippen LogP contribution in [0.2, 0.25) is 0 Å². The first-order valence-corrected chi connectivity index (χ1v) is 5.40. The molecule has 0 amide bonds. The van der Waals surface area contributed by atoms with Gasteiger partial charge in [0, 0.05) is 0 Å². The largest absolute Gasteiger partial charge is 0.237 e. The molecule has 4 nitrogen and oxygen atoms in total. The van der Waals surface area contributed by atoms with Crippen molar-refractivity contribution in [1.29, 1.82) is 0 Å². The van der Waals surface area contributed by atoms with Crippen molar-refractivity contribution in [2.24, 2.45) is 0 Å². The zero-order valence-electron chi connectivity index (χ0n) is 9.29. The predicted octanol–water partition coefficient (Wildman–Crippen LogP) is 2.48. The van der Waals surface area contributed by atoms with Crippen LogP contribution in [0.5, 0.6) is 0 Å². The fourth-order valence-electron chi connectivity index (χ4n) is 0.960. The van der Waals surface area contributed by atoms with Crippen LogP contribution < -0.4 is 0 Å². The molecule has 0 aliphatic heterocycles. The van der Waals surface area contributed by atoms with E-state index in [0.29, 0.717) is 26.4 Å². The van der Waals surface area contributed by atoms with Gasteiger partial charge >= 0.3 is 0 Å². The maximum atomic E-state index is 4.87. The summed E-state index contributed by atoms with van der Waals surface area (Å²) in [5, 5.41) is 0.